The van der Waals surface area contributed by atoms with E-state index in [9.17, 15) is 19.5 Å². The van der Waals surface area contributed by atoms with Gasteiger partial charge in [-0.15, -0.1) is 11.3 Å². The lowest BCUT2D eigenvalue weighted by atomic mass is 9.76. The Hall–Kier alpha value is -2.86. The summed E-state index contributed by atoms with van der Waals surface area (Å²) in [5, 5.41) is 22.4. The molecule has 2 aliphatic heterocycles. The van der Waals surface area contributed by atoms with Gasteiger partial charge in [0.1, 0.15) is 11.9 Å². The highest BCUT2D eigenvalue weighted by atomic mass is 32.1. The van der Waals surface area contributed by atoms with Gasteiger partial charge in [-0.3, -0.25) is 19.7 Å². The third kappa shape index (κ3) is 6.71. The second kappa shape index (κ2) is 12.3. The SMILES string of the molecule is CC(=O)N[C@H](C(=O)C1(C(=O)NCc2ccc(-c3scnc3C)cc2OC2CCNCC2)CC(O)CN1)C(C)(C)C. The van der Waals surface area contributed by atoms with Crippen molar-refractivity contribution >= 4 is 28.9 Å². The number of amides is 2. The third-order valence-electron chi connectivity index (χ3n) is 7.56. The molecule has 0 radical (unpaired) electrons. The van der Waals surface area contributed by atoms with Gasteiger partial charge in [0.15, 0.2) is 11.3 Å². The Kier molecular flexibility index (Phi) is 9.29. The maximum Gasteiger partial charge on any atom is 0.248 e. The number of rotatable bonds is 9. The highest BCUT2D eigenvalue weighted by molar-refractivity contribution is 7.13. The summed E-state index contributed by atoms with van der Waals surface area (Å²) in [6.07, 6.45) is 0.872. The van der Waals surface area contributed by atoms with Gasteiger partial charge in [-0.05, 0) is 49.9 Å². The van der Waals surface area contributed by atoms with E-state index in [2.05, 4.69) is 26.3 Å². The number of aliphatic hydroxyl groups excluding tert-OH is 1. The van der Waals surface area contributed by atoms with Crippen molar-refractivity contribution in [1.29, 1.82) is 0 Å². The number of ether oxygens (including phenoxy) is 1. The summed E-state index contributed by atoms with van der Waals surface area (Å²) in [6, 6.07) is 5.00. The summed E-state index contributed by atoms with van der Waals surface area (Å²) in [7, 11) is 0. The van der Waals surface area contributed by atoms with Gasteiger partial charge >= 0.3 is 0 Å². The number of aliphatic hydroxyl groups is 1. The standard InChI is InChI=1S/C29H41N5O5S/c1-17-24(40-16-32-17)19-6-7-20(23(12-19)39-22-8-10-30-11-9-22)14-31-27(38)29(13-21(36)15-33-29)26(37)25(28(3,4)5)34-18(2)35/h6-7,12,16,21-22,25,30,33,36H,8-11,13-15H2,1-5H3,(H,31,38)(H,34,35)/t21?,25-,29?/m1/s1. The van der Waals surface area contributed by atoms with E-state index >= 15 is 0 Å². The molecule has 218 valence electrons. The molecule has 0 aliphatic carbocycles. The van der Waals surface area contributed by atoms with E-state index in [1.807, 2.05) is 51.4 Å². The van der Waals surface area contributed by atoms with Crippen molar-refractivity contribution in [2.45, 2.75) is 84.2 Å². The van der Waals surface area contributed by atoms with E-state index in [1.54, 1.807) is 11.3 Å². The van der Waals surface area contributed by atoms with Crippen LogP contribution in [0.15, 0.2) is 23.7 Å². The quantitative estimate of drug-likeness (QED) is 0.288. The lowest BCUT2D eigenvalue weighted by molar-refractivity contribution is -0.142. The monoisotopic (exact) mass is 571 g/mol. The average molecular weight is 572 g/mol. The van der Waals surface area contributed by atoms with E-state index in [-0.39, 0.29) is 31.5 Å². The first-order valence-electron chi connectivity index (χ1n) is 13.8. The molecule has 2 aromatic rings. The first kappa shape index (κ1) is 30.1. The Labute approximate surface area is 239 Å². The normalized spacial score (nSPS) is 22.5. The number of thiazole rings is 1. The molecule has 0 spiro atoms. The highest BCUT2D eigenvalue weighted by Crippen LogP contribution is 2.34. The molecule has 0 bridgehead atoms. The molecular formula is C29H41N5O5S. The molecule has 11 heteroatoms. The predicted molar refractivity (Wildman–Crippen MR) is 154 cm³/mol. The summed E-state index contributed by atoms with van der Waals surface area (Å²) in [5.74, 6) is -0.684. The number of hydrogen-bond donors (Lipinski definition) is 5. The van der Waals surface area contributed by atoms with Gasteiger partial charge in [-0.1, -0.05) is 32.9 Å². The minimum atomic E-state index is -1.67. The fraction of sp³-hybridized carbons (Fsp3) is 0.586. The molecule has 40 heavy (non-hydrogen) atoms. The topological polar surface area (TPSA) is 142 Å². The number of hydrogen-bond acceptors (Lipinski definition) is 9. The molecule has 2 saturated heterocycles. The predicted octanol–water partition coefficient (Wildman–Crippen LogP) is 2.08. The van der Waals surface area contributed by atoms with Crippen molar-refractivity contribution in [1.82, 2.24) is 26.3 Å². The van der Waals surface area contributed by atoms with Gasteiger partial charge in [0.2, 0.25) is 11.8 Å². The van der Waals surface area contributed by atoms with Gasteiger partial charge in [0, 0.05) is 32.0 Å². The summed E-state index contributed by atoms with van der Waals surface area (Å²) < 4.78 is 6.46. The van der Waals surface area contributed by atoms with Crippen LogP contribution in [0.5, 0.6) is 5.75 Å². The molecule has 3 heterocycles. The molecule has 1 aromatic carbocycles. The molecule has 2 fully saturated rings. The van der Waals surface area contributed by atoms with E-state index in [0.717, 1.165) is 47.6 Å². The molecule has 10 nitrogen and oxygen atoms in total. The minimum Gasteiger partial charge on any atom is -0.490 e. The van der Waals surface area contributed by atoms with Crippen molar-refractivity contribution < 1.29 is 24.2 Å². The molecule has 1 aromatic heterocycles. The minimum absolute atomic E-state index is 0.0540. The molecule has 2 amide bonds. The van der Waals surface area contributed by atoms with Crippen molar-refractivity contribution in [2.75, 3.05) is 19.6 Å². The van der Waals surface area contributed by atoms with Crippen molar-refractivity contribution in [3.05, 3.63) is 35.0 Å². The Bertz CT molecular complexity index is 1240. The fourth-order valence-electron chi connectivity index (χ4n) is 5.34. The van der Waals surface area contributed by atoms with Crippen LogP contribution in [0.2, 0.25) is 0 Å². The average Bonchev–Trinajstić information content (AvgIpc) is 3.52. The lowest BCUT2D eigenvalue weighted by Crippen LogP contribution is -2.66. The zero-order valence-electron chi connectivity index (χ0n) is 23.9. The number of β-amino-alcohol motifs (C(OH)–C–C–N with tert-alkyl or cyclic N) is 1. The summed E-state index contributed by atoms with van der Waals surface area (Å²) >= 11 is 1.56. The van der Waals surface area contributed by atoms with Crippen LogP contribution in [0, 0.1) is 12.3 Å². The summed E-state index contributed by atoms with van der Waals surface area (Å²) in [6.45, 7) is 10.8. The molecule has 5 N–H and O–H groups in total. The van der Waals surface area contributed by atoms with Gasteiger partial charge in [0.25, 0.3) is 0 Å². The number of carbonyl (C=O) groups excluding carboxylic acids is 3. The van der Waals surface area contributed by atoms with Crippen molar-refractivity contribution in [2.24, 2.45) is 5.41 Å². The second-order valence-corrected chi connectivity index (χ2v) is 12.7. The van der Waals surface area contributed by atoms with Crippen LogP contribution in [0.1, 0.15) is 58.2 Å². The zero-order chi connectivity index (χ0) is 29.1. The van der Waals surface area contributed by atoms with Crippen LogP contribution in [0.3, 0.4) is 0 Å². The second-order valence-electron chi connectivity index (χ2n) is 11.8. The third-order valence-corrected chi connectivity index (χ3v) is 8.54. The number of ketones is 1. The van der Waals surface area contributed by atoms with Crippen LogP contribution in [-0.2, 0) is 20.9 Å². The first-order chi connectivity index (χ1) is 18.9. The van der Waals surface area contributed by atoms with Crippen molar-refractivity contribution in [3.63, 3.8) is 0 Å². The number of carbonyl (C=O) groups is 3. The molecule has 2 aliphatic rings. The van der Waals surface area contributed by atoms with E-state index in [4.69, 9.17) is 4.74 Å². The van der Waals surface area contributed by atoms with Gasteiger partial charge in [0.05, 0.1) is 28.2 Å². The van der Waals surface area contributed by atoms with Gasteiger partial charge in [-0.2, -0.15) is 0 Å². The molecule has 2 unspecified atom stereocenters. The highest BCUT2D eigenvalue weighted by Gasteiger charge is 2.54. The number of aromatic nitrogens is 1. The molecule has 3 atom stereocenters. The largest absolute Gasteiger partial charge is 0.490 e. The Morgan fingerprint density at radius 2 is 1.98 bits per heavy atom. The van der Waals surface area contributed by atoms with Crippen LogP contribution < -0.4 is 26.0 Å². The summed E-state index contributed by atoms with van der Waals surface area (Å²) in [4.78, 5) is 45.1. The Balaban J connectivity index is 1.60. The number of piperidine rings is 1. The number of aryl methyl sites for hydroxylation is 1. The number of nitrogens with one attached hydrogen (secondary N) is 4. The summed E-state index contributed by atoms with van der Waals surface area (Å²) in [5.41, 5.74) is 2.22. The smallest absolute Gasteiger partial charge is 0.248 e. The Morgan fingerprint density at radius 1 is 1.25 bits per heavy atom. The van der Waals surface area contributed by atoms with Gasteiger partial charge in [-0.25, -0.2) is 4.98 Å². The molecule has 4 rings (SSSR count). The zero-order valence-corrected chi connectivity index (χ0v) is 24.7. The molecular weight excluding hydrogens is 530 g/mol. The number of nitrogens with zero attached hydrogens (tertiary/aromatic N) is 1. The maximum absolute atomic E-state index is 13.9. The van der Waals surface area contributed by atoms with Crippen LogP contribution in [-0.4, -0.2) is 71.1 Å². The maximum atomic E-state index is 13.9. The first-order valence-corrected chi connectivity index (χ1v) is 14.7. The molecule has 0 saturated carbocycles. The van der Waals surface area contributed by atoms with E-state index < -0.39 is 34.8 Å². The van der Waals surface area contributed by atoms with E-state index in [1.165, 1.54) is 6.92 Å². The van der Waals surface area contributed by atoms with Crippen molar-refractivity contribution in [3.8, 4) is 16.2 Å². The van der Waals surface area contributed by atoms with E-state index in [0.29, 0.717) is 5.75 Å². The fourth-order valence-corrected chi connectivity index (χ4v) is 6.14. The number of benzene rings is 1. The number of Topliss-reactive ketones (excluding diaryl/α,β-unsaturated/α-hetero) is 1. The van der Waals surface area contributed by atoms with Crippen LogP contribution >= 0.6 is 11.3 Å². The van der Waals surface area contributed by atoms with Crippen LogP contribution in [0.4, 0.5) is 0 Å². The van der Waals surface area contributed by atoms with Crippen LogP contribution in [0.25, 0.3) is 10.4 Å². The lowest BCUT2D eigenvalue weighted by Gasteiger charge is -2.37. The van der Waals surface area contributed by atoms with Gasteiger partial charge < -0.3 is 25.8 Å². The Morgan fingerprint density at radius 3 is 2.55 bits per heavy atom.